The maximum Gasteiger partial charge on any atom is 0.308 e. The van der Waals surface area contributed by atoms with Crippen molar-refractivity contribution in [2.45, 2.75) is 13.8 Å². The summed E-state index contributed by atoms with van der Waals surface area (Å²) in [5.74, 6) is 0.135. The van der Waals surface area contributed by atoms with E-state index in [4.69, 9.17) is 4.74 Å². The molecule has 80 valence electrons. The molecule has 0 aliphatic heterocycles. The molecule has 0 aromatic heterocycles. The Bertz CT molecular complexity index is 385. The number of hydrogen-bond acceptors (Lipinski definition) is 4. The van der Waals surface area contributed by atoms with Gasteiger partial charge in [0, 0.05) is 12.5 Å². The molecule has 0 amide bonds. The number of oxime groups is 1. The average molecular weight is 207 g/mol. The van der Waals surface area contributed by atoms with E-state index in [-0.39, 0.29) is 5.97 Å². The van der Waals surface area contributed by atoms with Gasteiger partial charge < -0.3 is 9.57 Å². The Morgan fingerprint density at radius 1 is 1.27 bits per heavy atom. The normalized spacial score (nSPS) is 11.0. The third-order valence-corrected chi connectivity index (χ3v) is 1.76. The first-order valence-electron chi connectivity index (χ1n) is 4.50. The van der Waals surface area contributed by atoms with Gasteiger partial charge in [0.15, 0.2) is 0 Å². The first kappa shape index (κ1) is 11.2. The van der Waals surface area contributed by atoms with Crippen LogP contribution in [0.3, 0.4) is 0 Å². The van der Waals surface area contributed by atoms with Crippen LogP contribution in [-0.4, -0.2) is 18.8 Å². The summed E-state index contributed by atoms with van der Waals surface area (Å²) in [4.78, 5) is 15.5. The van der Waals surface area contributed by atoms with Crippen molar-refractivity contribution < 1.29 is 14.4 Å². The van der Waals surface area contributed by atoms with Crippen molar-refractivity contribution in [3.05, 3.63) is 29.8 Å². The number of para-hydroxylation sites is 1. The lowest BCUT2D eigenvalue weighted by Gasteiger charge is -2.07. The van der Waals surface area contributed by atoms with Gasteiger partial charge in [-0.15, -0.1) is 0 Å². The standard InChI is InChI=1S/C11H13NO3/c1-8(12-14-3)10-6-4-5-7-11(10)15-9(2)13/h4-7H,1-3H3/b12-8+. The quantitative estimate of drug-likeness (QED) is 0.329. The zero-order chi connectivity index (χ0) is 11.3. The van der Waals surface area contributed by atoms with E-state index in [1.54, 1.807) is 19.1 Å². The summed E-state index contributed by atoms with van der Waals surface area (Å²) < 4.78 is 5.04. The van der Waals surface area contributed by atoms with Crippen LogP contribution in [0.4, 0.5) is 0 Å². The maximum absolute atomic E-state index is 10.9. The van der Waals surface area contributed by atoms with Gasteiger partial charge in [0.25, 0.3) is 0 Å². The van der Waals surface area contributed by atoms with Crippen LogP contribution in [0.5, 0.6) is 5.75 Å². The predicted molar refractivity (Wildman–Crippen MR) is 57.0 cm³/mol. The minimum Gasteiger partial charge on any atom is -0.426 e. The van der Waals surface area contributed by atoms with Crippen molar-refractivity contribution in [3.8, 4) is 5.75 Å². The van der Waals surface area contributed by atoms with Gasteiger partial charge in [-0.1, -0.05) is 17.3 Å². The van der Waals surface area contributed by atoms with Crippen molar-refractivity contribution in [3.63, 3.8) is 0 Å². The van der Waals surface area contributed by atoms with E-state index in [0.717, 1.165) is 5.56 Å². The molecule has 4 nitrogen and oxygen atoms in total. The molecule has 1 aromatic carbocycles. The minimum absolute atomic E-state index is 0.354. The molecule has 0 saturated carbocycles. The van der Waals surface area contributed by atoms with E-state index < -0.39 is 0 Å². The molecule has 0 aliphatic carbocycles. The second-order valence-corrected chi connectivity index (χ2v) is 2.95. The summed E-state index contributed by atoms with van der Waals surface area (Å²) in [6, 6.07) is 7.17. The van der Waals surface area contributed by atoms with Gasteiger partial charge in [0.1, 0.15) is 12.9 Å². The molecule has 0 N–H and O–H groups in total. The number of carbonyl (C=O) groups is 1. The SMILES string of the molecule is CO/N=C(\C)c1ccccc1OC(C)=O. The summed E-state index contributed by atoms with van der Waals surface area (Å²) in [6.07, 6.45) is 0. The molecule has 0 aliphatic rings. The number of esters is 1. The largest absolute Gasteiger partial charge is 0.426 e. The second kappa shape index (κ2) is 5.14. The predicted octanol–water partition coefficient (Wildman–Crippen LogP) is 1.98. The molecule has 0 bridgehead atoms. The third-order valence-electron chi connectivity index (χ3n) is 1.76. The summed E-state index contributed by atoms with van der Waals surface area (Å²) in [6.45, 7) is 3.14. The van der Waals surface area contributed by atoms with Crippen molar-refractivity contribution in [1.82, 2.24) is 0 Å². The number of nitrogens with zero attached hydrogens (tertiary/aromatic N) is 1. The monoisotopic (exact) mass is 207 g/mol. The molecule has 15 heavy (non-hydrogen) atoms. The molecule has 1 rings (SSSR count). The molecule has 0 spiro atoms. The van der Waals surface area contributed by atoms with Gasteiger partial charge in [-0.2, -0.15) is 0 Å². The number of rotatable bonds is 3. The van der Waals surface area contributed by atoms with Crippen LogP contribution in [0.25, 0.3) is 0 Å². The first-order valence-corrected chi connectivity index (χ1v) is 4.50. The summed E-state index contributed by atoms with van der Waals surface area (Å²) in [7, 11) is 1.47. The van der Waals surface area contributed by atoms with E-state index in [2.05, 4.69) is 9.99 Å². The van der Waals surface area contributed by atoms with Crippen LogP contribution in [0.2, 0.25) is 0 Å². The van der Waals surface area contributed by atoms with E-state index in [1.807, 2.05) is 12.1 Å². The molecule has 0 radical (unpaired) electrons. The molecule has 0 saturated heterocycles. The smallest absolute Gasteiger partial charge is 0.308 e. The van der Waals surface area contributed by atoms with Crippen molar-refractivity contribution in [2.24, 2.45) is 5.16 Å². The van der Waals surface area contributed by atoms with Gasteiger partial charge in [0.2, 0.25) is 0 Å². The molecular formula is C11H13NO3. The second-order valence-electron chi connectivity index (χ2n) is 2.95. The highest BCUT2D eigenvalue weighted by molar-refractivity contribution is 6.01. The molecule has 4 heteroatoms. The van der Waals surface area contributed by atoms with Gasteiger partial charge in [-0.05, 0) is 19.1 Å². The van der Waals surface area contributed by atoms with Gasteiger partial charge in [0.05, 0.1) is 5.71 Å². The number of benzene rings is 1. The van der Waals surface area contributed by atoms with Crippen LogP contribution >= 0.6 is 0 Å². The fourth-order valence-corrected chi connectivity index (χ4v) is 1.20. The number of carbonyl (C=O) groups excluding carboxylic acids is 1. The Hall–Kier alpha value is -1.84. The minimum atomic E-state index is -0.354. The van der Waals surface area contributed by atoms with Crippen LogP contribution in [0.15, 0.2) is 29.4 Å². The topological polar surface area (TPSA) is 47.9 Å². The summed E-state index contributed by atoms with van der Waals surface area (Å²) in [5.41, 5.74) is 1.41. The highest BCUT2D eigenvalue weighted by atomic mass is 16.6. The van der Waals surface area contributed by atoms with Gasteiger partial charge >= 0.3 is 5.97 Å². The van der Waals surface area contributed by atoms with Crippen LogP contribution in [-0.2, 0) is 9.63 Å². The van der Waals surface area contributed by atoms with Crippen LogP contribution in [0, 0.1) is 0 Å². The zero-order valence-corrected chi connectivity index (χ0v) is 8.98. The van der Waals surface area contributed by atoms with Crippen molar-refractivity contribution >= 4 is 11.7 Å². The molecular weight excluding hydrogens is 194 g/mol. The Labute approximate surface area is 88.5 Å². The Morgan fingerprint density at radius 2 is 1.93 bits per heavy atom. The zero-order valence-electron chi connectivity index (χ0n) is 8.98. The third kappa shape index (κ3) is 3.09. The molecule has 0 heterocycles. The van der Waals surface area contributed by atoms with E-state index in [0.29, 0.717) is 11.5 Å². The Kier molecular flexibility index (Phi) is 3.85. The Balaban J connectivity index is 3.06. The summed E-state index contributed by atoms with van der Waals surface area (Å²) >= 11 is 0. The lowest BCUT2D eigenvalue weighted by molar-refractivity contribution is -0.131. The highest BCUT2D eigenvalue weighted by Gasteiger charge is 2.08. The molecule has 0 fully saturated rings. The van der Waals surface area contributed by atoms with E-state index >= 15 is 0 Å². The molecule has 0 unspecified atom stereocenters. The average Bonchev–Trinajstić information content (AvgIpc) is 2.18. The number of hydrogen-bond donors (Lipinski definition) is 0. The summed E-state index contributed by atoms with van der Waals surface area (Å²) in [5, 5.41) is 3.79. The van der Waals surface area contributed by atoms with Crippen molar-refractivity contribution in [2.75, 3.05) is 7.11 Å². The molecule has 1 aromatic rings. The van der Waals surface area contributed by atoms with E-state index in [9.17, 15) is 4.79 Å². The van der Waals surface area contributed by atoms with Crippen LogP contribution in [0.1, 0.15) is 19.4 Å². The van der Waals surface area contributed by atoms with Crippen molar-refractivity contribution in [1.29, 1.82) is 0 Å². The number of ether oxygens (including phenoxy) is 1. The first-order chi connectivity index (χ1) is 7.15. The fourth-order valence-electron chi connectivity index (χ4n) is 1.20. The highest BCUT2D eigenvalue weighted by Crippen LogP contribution is 2.19. The van der Waals surface area contributed by atoms with Gasteiger partial charge in [-0.3, -0.25) is 4.79 Å². The lowest BCUT2D eigenvalue weighted by Crippen LogP contribution is -2.06. The van der Waals surface area contributed by atoms with Crippen LogP contribution < -0.4 is 4.74 Å². The molecule has 0 atom stereocenters. The fraction of sp³-hybridized carbons (Fsp3) is 0.273. The maximum atomic E-state index is 10.9. The van der Waals surface area contributed by atoms with E-state index in [1.165, 1.54) is 14.0 Å². The lowest BCUT2D eigenvalue weighted by atomic mass is 10.1. The Morgan fingerprint density at radius 3 is 2.53 bits per heavy atom. The van der Waals surface area contributed by atoms with Gasteiger partial charge in [-0.25, -0.2) is 0 Å².